The lowest BCUT2D eigenvalue weighted by Crippen LogP contribution is -2.34. The Morgan fingerprint density at radius 3 is 2.70 bits per heavy atom. The number of imidazole rings is 1. The molecule has 0 spiro atoms. The third-order valence-corrected chi connectivity index (χ3v) is 6.66. The lowest BCUT2D eigenvalue weighted by molar-refractivity contribution is 0.0947. The number of nitrogens with one attached hydrogen (secondary N) is 1. The Labute approximate surface area is 157 Å². The summed E-state index contributed by atoms with van der Waals surface area (Å²) in [5.41, 5.74) is 0.818. The van der Waals surface area contributed by atoms with Crippen molar-refractivity contribution < 1.29 is 13.2 Å². The summed E-state index contributed by atoms with van der Waals surface area (Å²) < 4.78 is 29.2. The molecule has 144 valence electrons. The molecule has 1 saturated heterocycles. The van der Waals surface area contributed by atoms with Gasteiger partial charge in [-0.05, 0) is 32.6 Å². The van der Waals surface area contributed by atoms with Gasteiger partial charge < -0.3 is 9.88 Å². The minimum Gasteiger partial charge on any atom is -0.349 e. The standard InChI is InChI=1S/C17H22N6O3S/c1-11-18-8-13(17(24)21-12-5-6-12)16(20-11)14-4-3-7-23(14)27(25,26)15-9-22(2)10-19-15/h8-10,12,14H,3-7H2,1-2H3,(H,21,24). The van der Waals surface area contributed by atoms with Crippen LogP contribution in [0.5, 0.6) is 0 Å². The van der Waals surface area contributed by atoms with Crippen molar-refractivity contribution in [2.24, 2.45) is 7.05 Å². The molecule has 1 aliphatic carbocycles. The van der Waals surface area contributed by atoms with E-state index >= 15 is 0 Å². The number of sulfonamides is 1. The van der Waals surface area contributed by atoms with Crippen molar-refractivity contribution in [3.8, 4) is 0 Å². The molecular formula is C17H22N6O3S. The van der Waals surface area contributed by atoms with E-state index < -0.39 is 16.1 Å². The van der Waals surface area contributed by atoms with Gasteiger partial charge in [0, 0.05) is 32.0 Å². The number of carbonyl (C=O) groups is 1. The minimum atomic E-state index is -3.77. The molecule has 10 heteroatoms. The van der Waals surface area contributed by atoms with E-state index in [1.165, 1.54) is 23.0 Å². The molecule has 0 bridgehead atoms. The van der Waals surface area contributed by atoms with Crippen molar-refractivity contribution >= 4 is 15.9 Å². The van der Waals surface area contributed by atoms with E-state index in [0.29, 0.717) is 36.5 Å². The van der Waals surface area contributed by atoms with Gasteiger partial charge in [0.2, 0.25) is 0 Å². The summed E-state index contributed by atoms with van der Waals surface area (Å²) in [6.07, 6.45) is 7.68. The fraction of sp³-hybridized carbons (Fsp3) is 0.529. The summed E-state index contributed by atoms with van der Waals surface area (Å²) in [5.74, 6) is 0.268. The first-order valence-electron chi connectivity index (χ1n) is 9.00. The number of hydrogen-bond acceptors (Lipinski definition) is 6. The second-order valence-corrected chi connectivity index (χ2v) is 8.95. The van der Waals surface area contributed by atoms with Gasteiger partial charge in [-0.15, -0.1) is 0 Å². The largest absolute Gasteiger partial charge is 0.349 e. The van der Waals surface area contributed by atoms with Gasteiger partial charge >= 0.3 is 0 Å². The number of aromatic nitrogens is 4. The molecular weight excluding hydrogens is 368 g/mol. The van der Waals surface area contributed by atoms with Crippen LogP contribution in [0.3, 0.4) is 0 Å². The van der Waals surface area contributed by atoms with Gasteiger partial charge in [0.25, 0.3) is 15.9 Å². The number of hydrogen-bond donors (Lipinski definition) is 1. The zero-order valence-corrected chi connectivity index (χ0v) is 16.1. The molecule has 2 aliphatic rings. The average molecular weight is 390 g/mol. The van der Waals surface area contributed by atoms with Crippen LogP contribution in [0.15, 0.2) is 23.7 Å². The molecule has 1 atom stereocenters. The molecule has 1 unspecified atom stereocenters. The summed E-state index contributed by atoms with van der Waals surface area (Å²) in [6, 6.07) is -0.303. The highest BCUT2D eigenvalue weighted by molar-refractivity contribution is 7.89. The van der Waals surface area contributed by atoms with Crippen molar-refractivity contribution in [1.29, 1.82) is 0 Å². The summed E-state index contributed by atoms with van der Waals surface area (Å²) in [6.45, 7) is 2.11. The normalized spacial score (nSPS) is 20.7. The Hall–Kier alpha value is -2.33. The van der Waals surface area contributed by atoms with E-state index in [1.54, 1.807) is 18.5 Å². The van der Waals surface area contributed by atoms with E-state index in [0.717, 1.165) is 12.8 Å². The first-order valence-corrected chi connectivity index (χ1v) is 10.4. The van der Waals surface area contributed by atoms with Crippen molar-refractivity contribution in [2.45, 2.75) is 49.7 Å². The van der Waals surface area contributed by atoms with Crippen LogP contribution in [0.1, 0.15) is 53.6 Å². The van der Waals surface area contributed by atoms with Gasteiger partial charge in [0.05, 0.1) is 23.6 Å². The fourth-order valence-electron chi connectivity index (χ4n) is 3.35. The molecule has 0 radical (unpaired) electrons. The Balaban J connectivity index is 1.71. The predicted octanol–water partition coefficient (Wildman–Crippen LogP) is 0.937. The lowest BCUT2D eigenvalue weighted by atomic mass is 10.1. The quantitative estimate of drug-likeness (QED) is 0.813. The molecule has 27 heavy (non-hydrogen) atoms. The topological polar surface area (TPSA) is 110 Å². The maximum Gasteiger partial charge on any atom is 0.262 e. The van der Waals surface area contributed by atoms with Crippen LogP contribution >= 0.6 is 0 Å². The summed E-state index contributed by atoms with van der Waals surface area (Å²) in [5, 5.41) is 2.95. The van der Waals surface area contributed by atoms with Crippen molar-refractivity contribution in [2.75, 3.05) is 6.54 Å². The number of rotatable bonds is 5. The smallest absolute Gasteiger partial charge is 0.262 e. The highest BCUT2D eigenvalue weighted by Crippen LogP contribution is 2.36. The van der Waals surface area contributed by atoms with Gasteiger partial charge in [0.1, 0.15) is 5.82 Å². The number of aryl methyl sites for hydroxylation is 2. The average Bonchev–Trinajstić information content (AvgIpc) is 3.10. The molecule has 3 heterocycles. The molecule has 1 N–H and O–H groups in total. The van der Waals surface area contributed by atoms with Gasteiger partial charge in [-0.2, -0.15) is 4.31 Å². The van der Waals surface area contributed by atoms with Gasteiger partial charge in [0.15, 0.2) is 5.03 Å². The highest BCUT2D eigenvalue weighted by Gasteiger charge is 2.40. The molecule has 1 saturated carbocycles. The maximum absolute atomic E-state index is 13.1. The zero-order chi connectivity index (χ0) is 19.2. The van der Waals surface area contributed by atoms with Crippen LogP contribution in [-0.4, -0.2) is 50.7 Å². The van der Waals surface area contributed by atoms with Crippen LogP contribution in [0, 0.1) is 6.92 Å². The van der Waals surface area contributed by atoms with E-state index in [2.05, 4.69) is 20.3 Å². The summed E-state index contributed by atoms with van der Waals surface area (Å²) >= 11 is 0. The molecule has 1 aliphatic heterocycles. The molecule has 2 aromatic rings. The van der Waals surface area contributed by atoms with Gasteiger partial charge in [-0.25, -0.2) is 23.4 Å². The first-order chi connectivity index (χ1) is 12.9. The molecule has 4 rings (SSSR count). The molecule has 2 fully saturated rings. The number of carbonyl (C=O) groups excluding carboxylic acids is 1. The first kappa shape index (κ1) is 18.1. The Bertz CT molecular complexity index is 982. The van der Waals surface area contributed by atoms with E-state index in [1.807, 2.05) is 0 Å². The second kappa shape index (κ2) is 6.68. The Kier molecular flexibility index (Phi) is 4.47. The van der Waals surface area contributed by atoms with Crippen LogP contribution < -0.4 is 5.32 Å². The van der Waals surface area contributed by atoms with Crippen LogP contribution in [-0.2, 0) is 17.1 Å². The minimum absolute atomic E-state index is 0.00617. The SMILES string of the molecule is Cc1ncc(C(=O)NC2CC2)c(C2CCCN2S(=O)(=O)c2cn(C)cn2)n1. The third kappa shape index (κ3) is 3.46. The summed E-state index contributed by atoms with van der Waals surface area (Å²) in [4.78, 5) is 25.3. The fourth-order valence-corrected chi connectivity index (χ4v) is 4.98. The molecule has 1 amide bonds. The van der Waals surface area contributed by atoms with Crippen LogP contribution in [0.25, 0.3) is 0 Å². The van der Waals surface area contributed by atoms with Crippen molar-refractivity contribution in [3.05, 3.63) is 35.8 Å². The highest BCUT2D eigenvalue weighted by atomic mass is 32.2. The van der Waals surface area contributed by atoms with Crippen LogP contribution in [0.2, 0.25) is 0 Å². The molecule has 0 aromatic carbocycles. The molecule has 2 aromatic heterocycles. The van der Waals surface area contributed by atoms with Crippen molar-refractivity contribution in [1.82, 2.24) is 29.1 Å². The Morgan fingerprint density at radius 2 is 2.04 bits per heavy atom. The maximum atomic E-state index is 13.1. The summed E-state index contributed by atoms with van der Waals surface area (Å²) in [7, 11) is -2.05. The van der Waals surface area contributed by atoms with E-state index in [-0.39, 0.29) is 17.0 Å². The van der Waals surface area contributed by atoms with Crippen molar-refractivity contribution in [3.63, 3.8) is 0 Å². The lowest BCUT2D eigenvalue weighted by Gasteiger charge is -2.24. The predicted molar refractivity (Wildman–Crippen MR) is 96.3 cm³/mol. The van der Waals surface area contributed by atoms with E-state index in [9.17, 15) is 13.2 Å². The second-order valence-electron chi connectivity index (χ2n) is 7.12. The van der Waals surface area contributed by atoms with Gasteiger partial charge in [-0.3, -0.25) is 4.79 Å². The number of amides is 1. The Morgan fingerprint density at radius 1 is 1.26 bits per heavy atom. The monoisotopic (exact) mass is 390 g/mol. The third-order valence-electron chi connectivity index (χ3n) is 4.87. The number of nitrogens with zero attached hydrogens (tertiary/aromatic N) is 5. The van der Waals surface area contributed by atoms with Gasteiger partial charge in [-0.1, -0.05) is 0 Å². The van der Waals surface area contributed by atoms with Crippen LogP contribution in [0.4, 0.5) is 0 Å². The van der Waals surface area contributed by atoms with E-state index in [4.69, 9.17) is 0 Å². The molecule has 9 nitrogen and oxygen atoms in total. The zero-order valence-electron chi connectivity index (χ0n) is 15.3.